The fraction of sp³-hybridized carbons (Fsp3) is 0.154. The first-order valence-corrected chi connectivity index (χ1v) is 11.8. The van der Waals surface area contributed by atoms with Crippen molar-refractivity contribution in [2.75, 3.05) is 14.2 Å². The van der Waals surface area contributed by atoms with Crippen LogP contribution in [-0.2, 0) is 6.54 Å². The molecule has 5 rings (SSSR count). The van der Waals surface area contributed by atoms with E-state index in [9.17, 15) is 14.7 Å². The highest BCUT2D eigenvalue weighted by atomic mass is 79.9. The van der Waals surface area contributed by atoms with Crippen LogP contribution in [0.3, 0.4) is 0 Å². The average Bonchev–Trinajstić information content (AvgIpc) is 3.13. The molecule has 1 unspecified atom stereocenters. The molecular weight excluding hydrogens is 538 g/mol. The van der Waals surface area contributed by atoms with E-state index in [4.69, 9.17) is 25.5 Å². The van der Waals surface area contributed by atoms with Crippen LogP contribution in [0.1, 0.15) is 33.3 Å². The van der Waals surface area contributed by atoms with Crippen LogP contribution >= 0.6 is 27.5 Å². The lowest BCUT2D eigenvalue weighted by Gasteiger charge is -2.26. The summed E-state index contributed by atoms with van der Waals surface area (Å²) in [6, 6.07) is 14.5. The van der Waals surface area contributed by atoms with Gasteiger partial charge >= 0.3 is 0 Å². The number of rotatable bonds is 5. The monoisotopic (exact) mass is 555 g/mol. The van der Waals surface area contributed by atoms with E-state index in [1.165, 1.54) is 13.2 Å². The molecular formula is C26H19BrClNO6. The molecule has 2 heterocycles. The molecule has 3 aromatic carbocycles. The third-order valence-electron chi connectivity index (χ3n) is 6.03. The Labute approximate surface area is 213 Å². The normalized spacial score (nSPS) is 14.9. The molecule has 0 saturated carbocycles. The number of ether oxygens (including phenoxy) is 2. The van der Waals surface area contributed by atoms with Crippen molar-refractivity contribution < 1.29 is 23.8 Å². The molecule has 0 fully saturated rings. The minimum absolute atomic E-state index is 0.0218. The minimum Gasteiger partial charge on any atom is -0.503 e. The highest BCUT2D eigenvalue weighted by Crippen LogP contribution is 2.44. The van der Waals surface area contributed by atoms with Crippen molar-refractivity contribution in [2.45, 2.75) is 12.6 Å². The third kappa shape index (κ3) is 3.92. The largest absolute Gasteiger partial charge is 0.503 e. The SMILES string of the molecule is COc1ccc(CN2C(=O)c3oc4ccc(Cl)cc4c(=O)c3C2c2cc(Br)c(O)c(OC)c2)cc1. The molecule has 4 aromatic rings. The number of hydrogen-bond donors (Lipinski definition) is 1. The number of benzene rings is 3. The second-order valence-corrected chi connectivity index (χ2v) is 9.34. The van der Waals surface area contributed by atoms with Crippen LogP contribution in [0.25, 0.3) is 11.0 Å². The van der Waals surface area contributed by atoms with Crippen molar-refractivity contribution in [3.8, 4) is 17.2 Å². The second kappa shape index (κ2) is 8.94. The molecule has 1 atom stereocenters. The average molecular weight is 557 g/mol. The van der Waals surface area contributed by atoms with Gasteiger partial charge in [-0.1, -0.05) is 23.7 Å². The van der Waals surface area contributed by atoms with Gasteiger partial charge in [0.2, 0.25) is 5.76 Å². The standard InChI is InChI=1S/C26H19BrClNO6/c1-33-16-6-3-13(4-7-16)12-29-22(14-9-18(27)24(31)20(10-14)34-2)21-23(30)17-11-15(28)5-8-19(17)35-25(21)26(29)32/h3-11,22,31H,12H2,1-2H3. The Morgan fingerprint density at radius 2 is 1.80 bits per heavy atom. The molecule has 1 amide bonds. The number of nitrogens with zero attached hydrogens (tertiary/aromatic N) is 1. The summed E-state index contributed by atoms with van der Waals surface area (Å²) in [5, 5.41) is 11.0. The van der Waals surface area contributed by atoms with Gasteiger partial charge in [-0.05, 0) is 69.5 Å². The molecule has 178 valence electrons. The first kappa shape index (κ1) is 23.3. The summed E-state index contributed by atoms with van der Waals surface area (Å²) < 4.78 is 16.9. The van der Waals surface area contributed by atoms with Gasteiger partial charge in [-0.3, -0.25) is 9.59 Å². The van der Waals surface area contributed by atoms with Gasteiger partial charge in [0.1, 0.15) is 11.3 Å². The van der Waals surface area contributed by atoms with E-state index in [2.05, 4.69) is 15.9 Å². The Balaban J connectivity index is 1.73. The zero-order chi connectivity index (χ0) is 24.9. The minimum atomic E-state index is -0.787. The lowest BCUT2D eigenvalue weighted by atomic mass is 9.97. The summed E-state index contributed by atoms with van der Waals surface area (Å²) in [5.41, 5.74) is 1.55. The van der Waals surface area contributed by atoms with Gasteiger partial charge in [-0.2, -0.15) is 0 Å². The highest BCUT2D eigenvalue weighted by molar-refractivity contribution is 9.10. The predicted molar refractivity (Wildman–Crippen MR) is 135 cm³/mol. The summed E-state index contributed by atoms with van der Waals surface area (Å²) in [6.07, 6.45) is 0. The van der Waals surface area contributed by atoms with Gasteiger partial charge < -0.3 is 23.9 Å². The third-order valence-corrected chi connectivity index (χ3v) is 6.87. The molecule has 7 nitrogen and oxygen atoms in total. The number of amides is 1. The maximum atomic E-state index is 13.7. The van der Waals surface area contributed by atoms with E-state index in [0.717, 1.165) is 5.56 Å². The summed E-state index contributed by atoms with van der Waals surface area (Å²) in [5.74, 6) is 0.366. The topological polar surface area (TPSA) is 89.2 Å². The fourth-order valence-corrected chi connectivity index (χ4v) is 4.97. The van der Waals surface area contributed by atoms with Crippen molar-refractivity contribution in [1.82, 2.24) is 4.90 Å². The van der Waals surface area contributed by atoms with E-state index in [0.29, 0.717) is 20.8 Å². The van der Waals surface area contributed by atoms with Crippen molar-refractivity contribution in [1.29, 1.82) is 0 Å². The Morgan fingerprint density at radius 1 is 1.06 bits per heavy atom. The van der Waals surface area contributed by atoms with Crippen molar-refractivity contribution in [3.05, 3.63) is 96.8 Å². The van der Waals surface area contributed by atoms with Crippen molar-refractivity contribution in [2.24, 2.45) is 0 Å². The van der Waals surface area contributed by atoms with Crippen LogP contribution in [0.15, 0.2) is 68.3 Å². The number of phenols is 1. The Morgan fingerprint density at radius 3 is 2.49 bits per heavy atom. The molecule has 0 radical (unpaired) electrons. The molecule has 1 aliphatic heterocycles. The molecule has 0 spiro atoms. The number of fused-ring (bicyclic) bond motifs is 2. The second-order valence-electron chi connectivity index (χ2n) is 8.05. The zero-order valence-electron chi connectivity index (χ0n) is 18.7. The quantitative estimate of drug-likeness (QED) is 0.340. The molecule has 0 aliphatic carbocycles. The summed E-state index contributed by atoms with van der Waals surface area (Å²) >= 11 is 9.49. The number of hydrogen-bond acceptors (Lipinski definition) is 6. The maximum Gasteiger partial charge on any atom is 0.291 e. The first-order valence-electron chi connectivity index (χ1n) is 10.6. The number of phenolic OH excluding ortho intramolecular Hbond substituents is 1. The molecule has 1 aromatic heterocycles. The van der Waals surface area contributed by atoms with Gasteiger partial charge in [0.15, 0.2) is 16.9 Å². The maximum absolute atomic E-state index is 13.7. The van der Waals surface area contributed by atoms with E-state index >= 15 is 0 Å². The lowest BCUT2D eigenvalue weighted by Crippen LogP contribution is -2.29. The number of methoxy groups -OCH3 is 2. The van der Waals surface area contributed by atoms with Crippen molar-refractivity contribution in [3.63, 3.8) is 0 Å². The first-order chi connectivity index (χ1) is 16.8. The van der Waals surface area contributed by atoms with E-state index < -0.39 is 11.9 Å². The highest BCUT2D eigenvalue weighted by Gasteiger charge is 2.43. The molecule has 0 saturated heterocycles. The smallest absolute Gasteiger partial charge is 0.291 e. The predicted octanol–water partition coefficient (Wildman–Crippen LogP) is 5.68. The Hall–Kier alpha value is -3.49. The van der Waals surface area contributed by atoms with E-state index in [1.54, 1.807) is 48.4 Å². The van der Waals surface area contributed by atoms with Gasteiger partial charge in [0.25, 0.3) is 5.91 Å². The van der Waals surface area contributed by atoms with Crippen LogP contribution in [0.4, 0.5) is 0 Å². The molecule has 1 N–H and O–H groups in total. The molecule has 0 bridgehead atoms. The molecule has 35 heavy (non-hydrogen) atoms. The van der Waals surface area contributed by atoms with Crippen LogP contribution in [0, 0.1) is 0 Å². The number of halogens is 2. The van der Waals surface area contributed by atoms with Gasteiger partial charge in [0, 0.05) is 11.6 Å². The Kier molecular flexibility index (Phi) is 5.94. The van der Waals surface area contributed by atoms with Crippen LogP contribution < -0.4 is 14.9 Å². The number of carbonyl (C=O) groups excluding carboxylic acids is 1. The van der Waals surface area contributed by atoms with Gasteiger partial charge in [0.05, 0.1) is 35.7 Å². The fourth-order valence-electron chi connectivity index (χ4n) is 4.34. The van der Waals surface area contributed by atoms with Crippen LogP contribution in [-0.4, -0.2) is 30.1 Å². The molecule has 1 aliphatic rings. The van der Waals surface area contributed by atoms with Crippen molar-refractivity contribution >= 4 is 44.4 Å². The molecule has 9 heteroatoms. The van der Waals surface area contributed by atoms with Crippen LogP contribution in [0.5, 0.6) is 17.2 Å². The zero-order valence-corrected chi connectivity index (χ0v) is 21.0. The van der Waals surface area contributed by atoms with E-state index in [-0.39, 0.29) is 45.8 Å². The number of carbonyl (C=O) groups is 1. The summed E-state index contributed by atoms with van der Waals surface area (Å²) in [6.45, 7) is 0.203. The Bertz CT molecular complexity index is 1530. The summed E-state index contributed by atoms with van der Waals surface area (Å²) in [7, 11) is 3.01. The van der Waals surface area contributed by atoms with E-state index in [1.807, 2.05) is 12.1 Å². The number of aromatic hydroxyl groups is 1. The summed E-state index contributed by atoms with van der Waals surface area (Å²) in [4.78, 5) is 28.9. The van der Waals surface area contributed by atoms with Gasteiger partial charge in [-0.15, -0.1) is 0 Å². The lowest BCUT2D eigenvalue weighted by molar-refractivity contribution is 0.0714. The van der Waals surface area contributed by atoms with Gasteiger partial charge in [-0.25, -0.2) is 0 Å². The van der Waals surface area contributed by atoms with Crippen LogP contribution in [0.2, 0.25) is 5.02 Å².